The first kappa shape index (κ1) is 9.85. The topological polar surface area (TPSA) is 33.1 Å². The van der Waals surface area contributed by atoms with E-state index in [0.717, 1.165) is 5.69 Å². The summed E-state index contributed by atoms with van der Waals surface area (Å²) in [6, 6.07) is 5.73. The lowest BCUT2D eigenvalue weighted by Gasteiger charge is -1.84. The summed E-state index contributed by atoms with van der Waals surface area (Å²) in [5.41, 5.74) is 0.924. The summed E-state index contributed by atoms with van der Waals surface area (Å²) in [6.45, 7) is 5.50. The number of pyridine rings is 1. The number of hydrogen-bond acceptors (Lipinski definition) is 2. The van der Waals surface area contributed by atoms with Gasteiger partial charge in [-0.2, -0.15) is 0 Å². The Morgan fingerprint density at radius 2 is 2.27 bits per heavy atom. The van der Waals surface area contributed by atoms with Crippen LogP contribution in [0.25, 0.3) is 6.08 Å². The van der Waals surface area contributed by atoms with Gasteiger partial charge >= 0.3 is 0 Å². The molecule has 0 aromatic carbocycles. The molecule has 0 amide bonds. The fourth-order valence-electron chi connectivity index (χ4n) is 0.497. The van der Waals surface area contributed by atoms with E-state index in [9.17, 15) is 0 Å². The third-order valence-corrected chi connectivity index (χ3v) is 0.897. The van der Waals surface area contributed by atoms with Crippen LogP contribution in [0.5, 0.6) is 0 Å². The fraction of sp³-hybridized carbons (Fsp3) is 0.222. The molecule has 0 unspecified atom stereocenters. The van der Waals surface area contributed by atoms with Crippen molar-refractivity contribution in [3.63, 3.8) is 0 Å². The summed E-state index contributed by atoms with van der Waals surface area (Å²) >= 11 is 0. The average Bonchev–Trinajstić information content (AvgIpc) is 2.08. The minimum Gasteiger partial charge on any atom is -0.397 e. The third-order valence-electron chi connectivity index (χ3n) is 0.897. The number of nitrogens with zero attached hydrogens (tertiary/aromatic N) is 1. The average molecular weight is 151 g/mol. The lowest BCUT2D eigenvalue weighted by atomic mass is 10.4. The van der Waals surface area contributed by atoms with Gasteiger partial charge in [0.05, 0.1) is 5.69 Å². The lowest BCUT2D eigenvalue weighted by molar-refractivity contribution is 0.318. The second-order valence-electron chi connectivity index (χ2n) is 1.77. The SMILES string of the molecule is C=Cc1ccccn1.CCO. The maximum absolute atomic E-state index is 7.57. The van der Waals surface area contributed by atoms with Gasteiger partial charge in [-0.05, 0) is 25.1 Å². The molecular weight excluding hydrogens is 138 g/mol. The first-order valence-corrected chi connectivity index (χ1v) is 3.49. The first-order chi connectivity index (χ1) is 5.35. The normalized spacial score (nSPS) is 7.82. The van der Waals surface area contributed by atoms with E-state index in [-0.39, 0.29) is 6.61 Å². The molecule has 11 heavy (non-hydrogen) atoms. The molecule has 1 aromatic rings. The standard InChI is InChI=1S/C7H7N.C2H6O/c1-2-7-5-3-4-6-8-7;1-2-3/h2-6H,1H2;3H,2H2,1H3. The Kier molecular flexibility index (Phi) is 6.24. The molecule has 0 radical (unpaired) electrons. The van der Waals surface area contributed by atoms with E-state index in [0.29, 0.717) is 0 Å². The van der Waals surface area contributed by atoms with Crippen LogP contribution in [0.2, 0.25) is 0 Å². The smallest absolute Gasteiger partial charge is 0.0623 e. The Balaban J connectivity index is 0.000000292. The zero-order valence-corrected chi connectivity index (χ0v) is 6.70. The van der Waals surface area contributed by atoms with Gasteiger partial charge < -0.3 is 5.11 Å². The number of aliphatic hydroxyl groups excluding tert-OH is 1. The molecule has 0 saturated carbocycles. The van der Waals surface area contributed by atoms with Crippen molar-refractivity contribution in [1.29, 1.82) is 0 Å². The zero-order valence-electron chi connectivity index (χ0n) is 6.70. The van der Waals surface area contributed by atoms with Crippen LogP contribution < -0.4 is 0 Å². The van der Waals surface area contributed by atoms with Gasteiger partial charge in [0.2, 0.25) is 0 Å². The molecule has 0 aliphatic carbocycles. The third kappa shape index (κ3) is 5.30. The van der Waals surface area contributed by atoms with Crippen LogP contribution in [0, 0.1) is 0 Å². The van der Waals surface area contributed by atoms with E-state index >= 15 is 0 Å². The van der Waals surface area contributed by atoms with Crippen LogP contribution in [0.3, 0.4) is 0 Å². The second kappa shape index (κ2) is 6.96. The molecule has 1 aromatic heterocycles. The highest BCUT2D eigenvalue weighted by atomic mass is 16.2. The Labute approximate surface area is 67.2 Å². The van der Waals surface area contributed by atoms with Gasteiger partial charge in [0.15, 0.2) is 0 Å². The Morgan fingerprint density at radius 1 is 1.64 bits per heavy atom. The molecule has 1 rings (SSSR count). The maximum atomic E-state index is 7.57. The van der Waals surface area contributed by atoms with Crippen molar-refractivity contribution in [3.8, 4) is 0 Å². The van der Waals surface area contributed by atoms with E-state index in [2.05, 4.69) is 11.6 Å². The molecule has 0 aliphatic heterocycles. The van der Waals surface area contributed by atoms with Crippen LogP contribution in [-0.4, -0.2) is 16.7 Å². The van der Waals surface area contributed by atoms with E-state index in [1.807, 2.05) is 18.2 Å². The predicted octanol–water partition coefficient (Wildman–Crippen LogP) is 1.72. The summed E-state index contributed by atoms with van der Waals surface area (Å²) in [7, 11) is 0. The van der Waals surface area contributed by atoms with Crippen molar-refractivity contribution in [3.05, 3.63) is 36.7 Å². The van der Waals surface area contributed by atoms with Gasteiger partial charge in [0.25, 0.3) is 0 Å². The van der Waals surface area contributed by atoms with Crippen molar-refractivity contribution in [2.24, 2.45) is 0 Å². The van der Waals surface area contributed by atoms with Crippen molar-refractivity contribution in [2.75, 3.05) is 6.61 Å². The molecule has 0 spiro atoms. The number of aromatic nitrogens is 1. The van der Waals surface area contributed by atoms with Gasteiger partial charge in [-0.15, -0.1) is 0 Å². The minimum atomic E-state index is 0.250. The summed E-state index contributed by atoms with van der Waals surface area (Å²) in [4.78, 5) is 3.98. The van der Waals surface area contributed by atoms with Crippen molar-refractivity contribution >= 4 is 6.08 Å². The molecule has 0 bridgehead atoms. The molecule has 1 N–H and O–H groups in total. The van der Waals surface area contributed by atoms with Crippen molar-refractivity contribution in [2.45, 2.75) is 6.92 Å². The molecule has 0 saturated heterocycles. The van der Waals surface area contributed by atoms with Crippen LogP contribution in [0.15, 0.2) is 31.0 Å². The van der Waals surface area contributed by atoms with Gasteiger partial charge in [-0.25, -0.2) is 0 Å². The zero-order chi connectivity index (χ0) is 8.53. The quantitative estimate of drug-likeness (QED) is 0.663. The van der Waals surface area contributed by atoms with Crippen LogP contribution in [0.1, 0.15) is 12.6 Å². The summed E-state index contributed by atoms with van der Waals surface area (Å²) in [6.07, 6.45) is 3.47. The van der Waals surface area contributed by atoms with Gasteiger partial charge in [0.1, 0.15) is 0 Å². The van der Waals surface area contributed by atoms with Crippen LogP contribution in [0.4, 0.5) is 0 Å². The van der Waals surface area contributed by atoms with E-state index in [4.69, 9.17) is 5.11 Å². The summed E-state index contributed by atoms with van der Waals surface area (Å²) < 4.78 is 0. The molecule has 0 fully saturated rings. The van der Waals surface area contributed by atoms with Crippen LogP contribution >= 0.6 is 0 Å². The highest BCUT2D eigenvalue weighted by molar-refractivity contribution is 5.40. The van der Waals surface area contributed by atoms with E-state index < -0.39 is 0 Å². The predicted molar refractivity (Wildman–Crippen MR) is 47.1 cm³/mol. The summed E-state index contributed by atoms with van der Waals surface area (Å²) in [5.74, 6) is 0. The number of hydrogen-bond donors (Lipinski definition) is 1. The van der Waals surface area contributed by atoms with Gasteiger partial charge in [-0.3, -0.25) is 4.98 Å². The van der Waals surface area contributed by atoms with E-state index in [1.165, 1.54) is 0 Å². The molecule has 2 nitrogen and oxygen atoms in total. The molecule has 0 aliphatic rings. The number of rotatable bonds is 1. The second-order valence-corrected chi connectivity index (χ2v) is 1.77. The molecule has 0 atom stereocenters. The molecule has 1 heterocycles. The lowest BCUT2D eigenvalue weighted by Crippen LogP contribution is -1.73. The molecule has 2 heteroatoms. The van der Waals surface area contributed by atoms with Crippen LogP contribution in [-0.2, 0) is 0 Å². The van der Waals surface area contributed by atoms with Gasteiger partial charge in [0, 0.05) is 12.8 Å². The van der Waals surface area contributed by atoms with E-state index in [1.54, 1.807) is 19.2 Å². The Hall–Kier alpha value is -1.15. The van der Waals surface area contributed by atoms with Crippen molar-refractivity contribution in [1.82, 2.24) is 4.98 Å². The summed E-state index contributed by atoms with van der Waals surface area (Å²) in [5, 5.41) is 7.57. The number of aliphatic hydroxyl groups is 1. The van der Waals surface area contributed by atoms with Crippen molar-refractivity contribution < 1.29 is 5.11 Å². The Morgan fingerprint density at radius 3 is 2.55 bits per heavy atom. The maximum Gasteiger partial charge on any atom is 0.0623 e. The largest absolute Gasteiger partial charge is 0.397 e. The Bertz CT molecular complexity index is 184. The molecule has 60 valence electrons. The molecular formula is C9H13NO. The van der Waals surface area contributed by atoms with Gasteiger partial charge in [-0.1, -0.05) is 12.6 Å². The first-order valence-electron chi connectivity index (χ1n) is 3.49. The fourth-order valence-corrected chi connectivity index (χ4v) is 0.497. The minimum absolute atomic E-state index is 0.250. The highest BCUT2D eigenvalue weighted by Gasteiger charge is 1.77. The monoisotopic (exact) mass is 151 g/mol. The highest BCUT2D eigenvalue weighted by Crippen LogP contribution is 1.91.